The number of rotatable bonds is 6. The van der Waals surface area contributed by atoms with E-state index in [1.165, 1.54) is 49.7 Å². The molecule has 0 bridgehead atoms. The Balaban J connectivity index is 0.000000489. The van der Waals surface area contributed by atoms with E-state index in [1.54, 1.807) is 0 Å². The summed E-state index contributed by atoms with van der Waals surface area (Å²) < 4.78 is 0. The average Bonchev–Trinajstić information content (AvgIpc) is 3.45. The third-order valence-electron chi connectivity index (χ3n) is 8.98. The van der Waals surface area contributed by atoms with Crippen LogP contribution in [0.5, 0.6) is 0 Å². The molecule has 1 aromatic carbocycles. The van der Waals surface area contributed by atoms with Gasteiger partial charge < -0.3 is 0 Å². The van der Waals surface area contributed by atoms with Crippen molar-refractivity contribution in [1.82, 2.24) is 0 Å². The molecule has 4 atom stereocenters. The van der Waals surface area contributed by atoms with E-state index in [0.29, 0.717) is 11.8 Å². The molecule has 0 spiro atoms. The monoisotopic (exact) mass is 487 g/mol. The topological polar surface area (TPSA) is 0 Å². The van der Waals surface area contributed by atoms with Crippen LogP contribution in [0.3, 0.4) is 0 Å². The van der Waals surface area contributed by atoms with Crippen molar-refractivity contribution in [3.05, 3.63) is 35.4 Å². The van der Waals surface area contributed by atoms with Crippen LogP contribution >= 0.6 is 0 Å². The van der Waals surface area contributed by atoms with Gasteiger partial charge in [0, 0.05) is 0 Å². The van der Waals surface area contributed by atoms with Crippen LogP contribution in [0.4, 0.5) is 0 Å². The van der Waals surface area contributed by atoms with Crippen molar-refractivity contribution in [2.24, 2.45) is 47.3 Å². The highest BCUT2D eigenvalue weighted by atomic mass is 14.4. The lowest BCUT2D eigenvalue weighted by Crippen LogP contribution is -2.18. The van der Waals surface area contributed by atoms with E-state index in [4.69, 9.17) is 0 Å². The van der Waals surface area contributed by atoms with Crippen molar-refractivity contribution >= 4 is 0 Å². The maximum atomic E-state index is 2.38. The summed E-state index contributed by atoms with van der Waals surface area (Å²) in [5.41, 5.74) is 2.99. The van der Waals surface area contributed by atoms with E-state index in [2.05, 4.69) is 107 Å². The quantitative estimate of drug-likeness (QED) is 0.375. The molecular weight excluding hydrogens is 420 g/mol. The van der Waals surface area contributed by atoms with Crippen LogP contribution in [-0.2, 0) is 0 Å². The molecule has 0 nitrogen and oxygen atoms in total. The fourth-order valence-electron chi connectivity index (χ4n) is 6.50. The van der Waals surface area contributed by atoms with Crippen LogP contribution in [0.1, 0.15) is 152 Å². The Morgan fingerprint density at radius 2 is 0.857 bits per heavy atom. The van der Waals surface area contributed by atoms with E-state index in [1.807, 2.05) is 0 Å². The fourth-order valence-corrected chi connectivity index (χ4v) is 6.50. The second-order valence-corrected chi connectivity index (χ2v) is 13.5. The van der Waals surface area contributed by atoms with Crippen LogP contribution in [0.15, 0.2) is 24.3 Å². The molecule has 4 unspecified atom stereocenters. The van der Waals surface area contributed by atoms with Crippen molar-refractivity contribution in [3.8, 4) is 0 Å². The van der Waals surface area contributed by atoms with Gasteiger partial charge >= 0.3 is 0 Å². The van der Waals surface area contributed by atoms with Crippen LogP contribution in [0, 0.1) is 47.3 Å². The molecule has 2 saturated carbocycles. The lowest BCUT2D eigenvalue weighted by Gasteiger charge is -2.26. The van der Waals surface area contributed by atoms with Crippen molar-refractivity contribution < 1.29 is 0 Å². The molecule has 0 radical (unpaired) electrons. The minimum atomic E-state index is 0. The Morgan fingerprint density at radius 1 is 0.514 bits per heavy atom. The summed E-state index contributed by atoms with van der Waals surface area (Å²) in [5.74, 6) is 9.04. The van der Waals surface area contributed by atoms with Gasteiger partial charge in [0.2, 0.25) is 0 Å². The molecular formula is C35H66. The summed E-state index contributed by atoms with van der Waals surface area (Å²) in [7, 11) is 0. The van der Waals surface area contributed by atoms with Crippen molar-refractivity contribution in [1.29, 1.82) is 0 Å². The first-order chi connectivity index (χ1) is 15.9. The molecule has 2 fully saturated rings. The van der Waals surface area contributed by atoms with Crippen LogP contribution in [-0.4, -0.2) is 0 Å². The number of hydrogen-bond acceptors (Lipinski definition) is 0. The second kappa shape index (κ2) is 16.9. The van der Waals surface area contributed by atoms with Gasteiger partial charge in [0.05, 0.1) is 0 Å². The van der Waals surface area contributed by atoms with Crippen molar-refractivity contribution in [3.63, 3.8) is 0 Å². The molecule has 0 heteroatoms. The Bertz CT molecular complexity index is 593. The molecule has 206 valence electrons. The van der Waals surface area contributed by atoms with Crippen molar-refractivity contribution in [2.45, 2.75) is 141 Å². The van der Waals surface area contributed by atoms with Gasteiger partial charge in [0.15, 0.2) is 0 Å². The fraction of sp³-hybridized carbons (Fsp3) is 0.829. The molecule has 0 amide bonds. The Morgan fingerprint density at radius 3 is 1.09 bits per heavy atom. The summed E-state index contributed by atoms with van der Waals surface area (Å²) in [6, 6.07) is 8.72. The summed E-state index contributed by atoms with van der Waals surface area (Å²) in [6.45, 7) is 28.0. The van der Waals surface area contributed by atoms with Gasteiger partial charge in [0.25, 0.3) is 0 Å². The molecule has 1 aromatic rings. The van der Waals surface area contributed by atoms with Gasteiger partial charge in [-0.05, 0) is 102 Å². The zero-order valence-electron chi connectivity index (χ0n) is 25.3. The highest BCUT2D eigenvalue weighted by molar-refractivity contribution is 5.31. The van der Waals surface area contributed by atoms with Gasteiger partial charge in [-0.1, -0.05) is 121 Å². The molecule has 0 N–H and O–H groups in total. The summed E-state index contributed by atoms with van der Waals surface area (Å²) >= 11 is 0. The first-order valence-corrected chi connectivity index (χ1v) is 14.9. The van der Waals surface area contributed by atoms with Gasteiger partial charge in [-0.2, -0.15) is 0 Å². The number of benzene rings is 1. The zero-order chi connectivity index (χ0) is 26.0. The third kappa shape index (κ3) is 11.4. The van der Waals surface area contributed by atoms with E-state index in [-0.39, 0.29) is 7.43 Å². The van der Waals surface area contributed by atoms with E-state index >= 15 is 0 Å². The minimum absolute atomic E-state index is 0. The predicted octanol–water partition coefficient (Wildman–Crippen LogP) is 12.0. The SMILES string of the molecule is C.CC(C)C1CCC(C(C)C)C1.CC(C)C1CCCC1C(C)C.CC(C)c1ccccc1C(C)C. The smallest absolute Gasteiger partial charge is 0.0216 e. The molecule has 0 heterocycles. The zero-order valence-corrected chi connectivity index (χ0v) is 25.3. The highest BCUT2D eigenvalue weighted by Crippen LogP contribution is 2.41. The second-order valence-electron chi connectivity index (χ2n) is 13.5. The van der Waals surface area contributed by atoms with Crippen LogP contribution < -0.4 is 0 Å². The van der Waals surface area contributed by atoms with Gasteiger partial charge in [-0.25, -0.2) is 0 Å². The first kappa shape index (κ1) is 34.2. The average molecular weight is 487 g/mol. The Hall–Kier alpha value is -0.780. The van der Waals surface area contributed by atoms with Crippen molar-refractivity contribution in [2.75, 3.05) is 0 Å². The molecule has 2 aliphatic carbocycles. The maximum absolute atomic E-state index is 2.38. The molecule has 35 heavy (non-hydrogen) atoms. The third-order valence-corrected chi connectivity index (χ3v) is 8.98. The minimum Gasteiger partial charge on any atom is -0.0776 e. The largest absolute Gasteiger partial charge is 0.0776 e. The Kier molecular flexibility index (Phi) is 16.5. The lowest BCUT2D eigenvalue weighted by atomic mass is 9.80. The van der Waals surface area contributed by atoms with Crippen LogP contribution in [0.2, 0.25) is 0 Å². The van der Waals surface area contributed by atoms with Gasteiger partial charge in [-0.3, -0.25) is 0 Å². The van der Waals surface area contributed by atoms with Gasteiger partial charge in [-0.15, -0.1) is 0 Å². The molecule has 0 saturated heterocycles. The Labute approximate surface area is 223 Å². The summed E-state index contributed by atoms with van der Waals surface area (Å²) in [5, 5.41) is 0. The molecule has 3 rings (SSSR count). The van der Waals surface area contributed by atoms with E-state index in [0.717, 1.165) is 47.3 Å². The summed E-state index contributed by atoms with van der Waals surface area (Å²) in [6.07, 6.45) is 8.92. The molecule has 0 aromatic heterocycles. The molecule has 2 aliphatic rings. The lowest BCUT2D eigenvalue weighted by molar-refractivity contribution is 0.235. The number of hydrogen-bond donors (Lipinski definition) is 0. The standard InChI is InChI=1S/C12H18.2C11H22.CH4/c1-9(2)11-7-5-6-8-12(11)10(3)4;1-8(2)10-5-6-11(7-10)9(3)4;1-8(2)10-6-5-7-11(10)9(3)4;/h5-10H,1-4H3;2*8-11H,5-7H2,1-4H3;1H4. The molecule has 0 aliphatic heterocycles. The van der Waals surface area contributed by atoms with E-state index < -0.39 is 0 Å². The highest BCUT2D eigenvalue weighted by Gasteiger charge is 2.31. The first-order valence-electron chi connectivity index (χ1n) is 14.9. The van der Waals surface area contributed by atoms with E-state index in [9.17, 15) is 0 Å². The van der Waals surface area contributed by atoms with Gasteiger partial charge in [0.1, 0.15) is 0 Å². The maximum Gasteiger partial charge on any atom is -0.0216 e. The normalized spacial score (nSPS) is 24.1. The predicted molar refractivity (Wildman–Crippen MR) is 162 cm³/mol. The summed E-state index contributed by atoms with van der Waals surface area (Å²) in [4.78, 5) is 0. The van der Waals surface area contributed by atoms with Crippen LogP contribution in [0.25, 0.3) is 0 Å².